The molecule has 0 aliphatic heterocycles. The van der Waals surface area contributed by atoms with Crippen LogP contribution in [0.15, 0.2) is 52.1 Å². The standard InChI is InChI=1S/C39H51N9O4/c1-21-9-27(49)10-22(2)29(21)15-30(39(43,36(40)51)7-8-44-37(41)42)34(50)46-32(14-26-20-45-31-6-4-3-5-28(26)31)35-47-33(48-52-35)19-38-16-23-11-24(17-38)13-25(12-23)18-38/h3-6,9-10,20,23-25,30,32,45,49H,7-8,11-19,43H2,1-2H3,(H2,40,51)(H,46,50)(H4,41,42,44)/t23?,24?,25?,30-,32+,38?,39?/m1/s1. The molecule has 2 aromatic carbocycles. The second-order valence-corrected chi connectivity index (χ2v) is 16.0. The van der Waals surface area contributed by atoms with Crippen molar-refractivity contribution in [2.24, 2.45) is 57.0 Å². The summed E-state index contributed by atoms with van der Waals surface area (Å²) < 4.78 is 5.99. The van der Waals surface area contributed by atoms with Crippen molar-refractivity contribution in [2.75, 3.05) is 6.54 Å². The summed E-state index contributed by atoms with van der Waals surface area (Å²) in [6, 6.07) is 10.4. The van der Waals surface area contributed by atoms with E-state index in [1.807, 2.05) is 44.3 Å². The monoisotopic (exact) mass is 709 g/mol. The average Bonchev–Trinajstić information content (AvgIpc) is 3.69. The molecule has 0 radical (unpaired) electrons. The number of primary amides is 1. The molecule has 52 heavy (non-hydrogen) atoms. The number of benzene rings is 2. The third-order valence-electron chi connectivity index (χ3n) is 12.2. The number of phenolic OH excluding ortho intramolecular Hbond substituents is 1. The molecule has 11 N–H and O–H groups in total. The Morgan fingerprint density at radius 2 is 1.71 bits per heavy atom. The van der Waals surface area contributed by atoms with E-state index in [0.29, 0.717) is 12.2 Å². The van der Waals surface area contributed by atoms with Crippen molar-refractivity contribution in [3.05, 3.63) is 76.6 Å². The number of fused-ring (bicyclic) bond motifs is 1. The number of carbonyl (C=O) groups excluding carboxylic acids is 2. The van der Waals surface area contributed by atoms with Gasteiger partial charge in [-0.05, 0) is 129 Å². The molecule has 8 rings (SSSR count). The summed E-state index contributed by atoms with van der Waals surface area (Å²) in [6.45, 7) is 3.65. The predicted octanol–water partition coefficient (Wildman–Crippen LogP) is 3.74. The number of aromatic amines is 1. The molecule has 4 aliphatic carbocycles. The molecule has 2 aromatic heterocycles. The van der Waals surface area contributed by atoms with Gasteiger partial charge in [0.05, 0.1) is 5.92 Å². The molecule has 13 heteroatoms. The Morgan fingerprint density at radius 1 is 1.06 bits per heavy atom. The van der Waals surface area contributed by atoms with E-state index in [1.165, 1.54) is 38.5 Å². The number of carbonyl (C=O) groups is 2. The molecular weight excluding hydrogens is 658 g/mol. The Kier molecular flexibility index (Phi) is 9.49. The number of aliphatic imine (C=N–C) groups is 1. The lowest BCUT2D eigenvalue weighted by molar-refractivity contribution is -0.135. The van der Waals surface area contributed by atoms with E-state index in [9.17, 15) is 14.7 Å². The lowest BCUT2D eigenvalue weighted by Crippen LogP contribution is -2.62. The number of H-pyrrole nitrogens is 1. The average molecular weight is 710 g/mol. The highest BCUT2D eigenvalue weighted by molar-refractivity contribution is 5.93. The number of nitrogens with one attached hydrogen (secondary N) is 2. The third-order valence-corrected chi connectivity index (χ3v) is 12.2. The SMILES string of the molecule is Cc1cc(O)cc(C)c1C[C@H](C(=O)N[C@@H](Cc1c[nH]c2ccccc12)c1nc(CC23CC4CC(CC(C4)C2)C3)no1)C(N)(CCN=C(N)N)C(N)=O. The van der Waals surface area contributed by atoms with Crippen molar-refractivity contribution < 1.29 is 19.2 Å². The molecule has 4 aliphatic rings. The van der Waals surface area contributed by atoms with Crippen LogP contribution in [0.2, 0.25) is 0 Å². The normalized spacial score (nSPS) is 24.3. The van der Waals surface area contributed by atoms with Gasteiger partial charge < -0.3 is 42.9 Å². The number of guanidine groups is 1. The Balaban J connectivity index is 1.23. The first-order chi connectivity index (χ1) is 24.8. The number of hydrogen-bond donors (Lipinski definition) is 7. The molecule has 4 aromatic rings. The van der Waals surface area contributed by atoms with Gasteiger partial charge in [-0.15, -0.1) is 0 Å². The highest BCUT2D eigenvalue weighted by Crippen LogP contribution is 2.61. The minimum atomic E-state index is -1.84. The molecule has 4 fully saturated rings. The Bertz CT molecular complexity index is 1940. The summed E-state index contributed by atoms with van der Waals surface area (Å²) in [4.78, 5) is 40.3. The zero-order chi connectivity index (χ0) is 36.8. The smallest absolute Gasteiger partial charge is 0.249 e. The van der Waals surface area contributed by atoms with E-state index in [-0.39, 0.29) is 42.4 Å². The van der Waals surface area contributed by atoms with Gasteiger partial charge in [0, 0.05) is 36.5 Å². The lowest BCUT2D eigenvalue weighted by Gasteiger charge is -2.56. The summed E-state index contributed by atoms with van der Waals surface area (Å²) >= 11 is 0. The molecule has 2 amide bonds. The number of amides is 2. The Labute approximate surface area is 303 Å². The van der Waals surface area contributed by atoms with Crippen LogP contribution in [-0.2, 0) is 28.9 Å². The molecule has 2 heterocycles. The van der Waals surface area contributed by atoms with Crippen LogP contribution in [0.3, 0.4) is 0 Å². The van der Waals surface area contributed by atoms with Gasteiger partial charge in [-0.25, -0.2) is 0 Å². The van der Waals surface area contributed by atoms with Crippen molar-refractivity contribution in [1.82, 2.24) is 20.4 Å². The van der Waals surface area contributed by atoms with E-state index < -0.39 is 29.3 Å². The number of aromatic hydroxyl groups is 1. The molecule has 0 spiro atoms. The van der Waals surface area contributed by atoms with Crippen LogP contribution in [0.5, 0.6) is 5.75 Å². The molecule has 276 valence electrons. The zero-order valence-electron chi connectivity index (χ0n) is 30.0. The van der Waals surface area contributed by atoms with Gasteiger partial charge in [0.25, 0.3) is 0 Å². The largest absolute Gasteiger partial charge is 0.508 e. The maximum absolute atomic E-state index is 14.7. The first-order valence-corrected chi connectivity index (χ1v) is 18.4. The fourth-order valence-electron chi connectivity index (χ4n) is 10.2. The summed E-state index contributed by atoms with van der Waals surface area (Å²) in [5.41, 5.74) is 26.5. The minimum Gasteiger partial charge on any atom is -0.508 e. The van der Waals surface area contributed by atoms with Crippen LogP contribution in [0.4, 0.5) is 0 Å². The van der Waals surface area contributed by atoms with E-state index >= 15 is 0 Å². The van der Waals surface area contributed by atoms with Gasteiger partial charge in [-0.3, -0.25) is 14.6 Å². The van der Waals surface area contributed by atoms with Crippen LogP contribution in [-0.4, -0.2) is 50.1 Å². The first kappa shape index (κ1) is 35.5. The molecule has 4 bridgehead atoms. The quantitative estimate of drug-likeness (QED) is 0.0745. The van der Waals surface area contributed by atoms with Gasteiger partial charge in [-0.2, -0.15) is 4.98 Å². The van der Waals surface area contributed by atoms with Gasteiger partial charge in [0.2, 0.25) is 17.7 Å². The number of aryl methyl sites for hydroxylation is 2. The van der Waals surface area contributed by atoms with Gasteiger partial charge in [0.1, 0.15) is 17.3 Å². The number of nitrogens with zero attached hydrogens (tertiary/aromatic N) is 3. The van der Waals surface area contributed by atoms with Crippen LogP contribution >= 0.6 is 0 Å². The van der Waals surface area contributed by atoms with Crippen LogP contribution < -0.4 is 28.3 Å². The number of rotatable bonds is 14. The topological polar surface area (TPSA) is 238 Å². The third kappa shape index (κ3) is 7.10. The van der Waals surface area contributed by atoms with Crippen molar-refractivity contribution in [2.45, 2.75) is 89.6 Å². The second-order valence-electron chi connectivity index (χ2n) is 16.0. The summed E-state index contributed by atoms with van der Waals surface area (Å²) in [5.74, 6) is 0.717. The van der Waals surface area contributed by atoms with Gasteiger partial charge >= 0.3 is 0 Å². The molecular formula is C39H51N9O4. The number of nitrogens with two attached hydrogens (primary N) is 4. The molecule has 13 nitrogen and oxygen atoms in total. The maximum Gasteiger partial charge on any atom is 0.249 e. The summed E-state index contributed by atoms with van der Waals surface area (Å²) in [7, 11) is 0. The maximum atomic E-state index is 14.7. The van der Waals surface area contributed by atoms with E-state index in [0.717, 1.165) is 57.3 Å². The number of aromatic nitrogens is 3. The summed E-state index contributed by atoms with van der Waals surface area (Å²) in [5, 5.41) is 18.9. The van der Waals surface area contributed by atoms with Gasteiger partial charge in [0.15, 0.2) is 11.8 Å². The highest BCUT2D eigenvalue weighted by Gasteiger charge is 2.51. The minimum absolute atomic E-state index is 0.0186. The molecule has 3 atom stereocenters. The predicted molar refractivity (Wildman–Crippen MR) is 198 cm³/mol. The number of para-hydroxylation sites is 1. The van der Waals surface area contributed by atoms with Crippen LogP contribution in [0.25, 0.3) is 10.9 Å². The number of hydrogen-bond acceptors (Lipinski definition) is 8. The van der Waals surface area contributed by atoms with Crippen molar-refractivity contribution in [1.29, 1.82) is 0 Å². The fourth-order valence-corrected chi connectivity index (χ4v) is 10.2. The second kappa shape index (κ2) is 13.9. The first-order valence-electron chi connectivity index (χ1n) is 18.4. The Morgan fingerprint density at radius 3 is 2.35 bits per heavy atom. The van der Waals surface area contributed by atoms with Crippen molar-refractivity contribution in [3.8, 4) is 5.75 Å². The van der Waals surface area contributed by atoms with E-state index in [4.69, 9.17) is 32.4 Å². The van der Waals surface area contributed by atoms with Crippen LogP contribution in [0.1, 0.15) is 85.0 Å². The molecule has 4 saturated carbocycles. The summed E-state index contributed by atoms with van der Waals surface area (Å²) in [6.07, 6.45) is 10.7. The molecule has 0 saturated heterocycles. The Hall–Kier alpha value is -4.91. The van der Waals surface area contributed by atoms with Crippen molar-refractivity contribution >= 4 is 28.7 Å². The lowest BCUT2D eigenvalue weighted by atomic mass is 9.49. The fraction of sp³-hybridized carbons (Fsp3) is 0.513. The van der Waals surface area contributed by atoms with Gasteiger partial charge in [-0.1, -0.05) is 23.4 Å². The zero-order valence-corrected chi connectivity index (χ0v) is 30.0. The van der Waals surface area contributed by atoms with Crippen LogP contribution in [0, 0.1) is 42.9 Å². The molecule has 1 unspecified atom stereocenters. The van der Waals surface area contributed by atoms with E-state index in [1.54, 1.807) is 12.1 Å². The highest BCUT2D eigenvalue weighted by atomic mass is 16.5. The van der Waals surface area contributed by atoms with Crippen molar-refractivity contribution in [3.63, 3.8) is 0 Å². The number of phenols is 1. The van der Waals surface area contributed by atoms with E-state index in [2.05, 4.69) is 20.4 Å².